The molecule has 0 spiro atoms. The molecular weight excluding hydrogens is 345 g/mol. The number of rotatable bonds is 3. The number of carbonyl (C=O) groups excluding carboxylic acids is 2. The molecule has 6 heteroatoms. The highest BCUT2D eigenvalue weighted by molar-refractivity contribution is 14.1. The van der Waals surface area contributed by atoms with E-state index in [2.05, 4.69) is 22.6 Å². The van der Waals surface area contributed by atoms with Crippen LogP contribution < -0.4 is 5.73 Å². The van der Waals surface area contributed by atoms with Crippen LogP contribution in [-0.2, 0) is 4.79 Å². The van der Waals surface area contributed by atoms with Gasteiger partial charge in [-0.05, 0) is 40.8 Å². The van der Waals surface area contributed by atoms with E-state index in [1.165, 1.54) is 9.80 Å². The number of hydrogen-bond acceptors (Lipinski definition) is 3. The van der Waals surface area contributed by atoms with E-state index in [4.69, 9.17) is 5.73 Å². The van der Waals surface area contributed by atoms with Gasteiger partial charge in [-0.25, -0.2) is 0 Å². The standard InChI is InChI=1S/C12H16IN3O2/c1-15(2)11(17)7-16(3)12(18)8-4-9(13)6-10(14)5-8/h4-6H,7,14H2,1-3H3. The molecule has 1 aromatic carbocycles. The number of nitrogens with two attached hydrogens (primary N) is 1. The van der Waals surface area contributed by atoms with E-state index in [9.17, 15) is 9.59 Å². The lowest BCUT2D eigenvalue weighted by Gasteiger charge is -2.19. The normalized spacial score (nSPS) is 10.0. The molecule has 18 heavy (non-hydrogen) atoms. The van der Waals surface area contributed by atoms with Crippen LogP contribution in [0.3, 0.4) is 0 Å². The van der Waals surface area contributed by atoms with E-state index in [1.54, 1.807) is 39.3 Å². The van der Waals surface area contributed by atoms with Crippen LogP contribution in [0.2, 0.25) is 0 Å². The van der Waals surface area contributed by atoms with Gasteiger partial charge in [0.15, 0.2) is 0 Å². The van der Waals surface area contributed by atoms with Crippen molar-refractivity contribution in [3.63, 3.8) is 0 Å². The summed E-state index contributed by atoms with van der Waals surface area (Å²) in [6.45, 7) is 0.0528. The summed E-state index contributed by atoms with van der Waals surface area (Å²) in [4.78, 5) is 26.5. The fourth-order valence-electron chi connectivity index (χ4n) is 1.37. The number of nitrogens with zero attached hydrogens (tertiary/aromatic N) is 2. The zero-order chi connectivity index (χ0) is 13.9. The maximum Gasteiger partial charge on any atom is 0.254 e. The van der Waals surface area contributed by atoms with Gasteiger partial charge in [-0.15, -0.1) is 0 Å². The second-order valence-corrected chi connectivity index (χ2v) is 5.47. The highest BCUT2D eigenvalue weighted by Crippen LogP contribution is 2.15. The number of amides is 2. The number of carbonyl (C=O) groups is 2. The molecule has 0 aliphatic heterocycles. The van der Waals surface area contributed by atoms with Crippen molar-refractivity contribution in [2.45, 2.75) is 0 Å². The summed E-state index contributed by atoms with van der Waals surface area (Å²) in [5, 5.41) is 0. The highest BCUT2D eigenvalue weighted by Gasteiger charge is 2.16. The molecule has 1 aromatic rings. The van der Waals surface area contributed by atoms with Crippen LogP contribution in [0.25, 0.3) is 0 Å². The first-order valence-corrected chi connectivity index (χ1v) is 6.41. The van der Waals surface area contributed by atoms with Crippen LogP contribution in [-0.4, -0.2) is 49.3 Å². The minimum Gasteiger partial charge on any atom is -0.399 e. The lowest BCUT2D eigenvalue weighted by atomic mass is 10.2. The maximum atomic E-state index is 12.1. The van der Waals surface area contributed by atoms with Crippen molar-refractivity contribution in [3.05, 3.63) is 27.3 Å². The van der Waals surface area contributed by atoms with Gasteiger partial charge in [0.1, 0.15) is 0 Å². The molecule has 2 N–H and O–H groups in total. The van der Waals surface area contributed by atoms with E-state index in [1.807, 2.05) is 0 Å². The monoisotopic (exact) mass is 361 g/mol. The molecular formula is C12H16IN3O2. The molecule has 0 heterocycles. The van der Waals surface area contributed by atoms with E-state index < -0.39 is 0 Å². The van der Waals surface area contributed by atoms with Gasteiger partial charge in [0.05, 0.1) is 6.54 Å². The van der Waals surface area contributed by atoms with Crippen molar-refractivity contribution in [1.82, 2.24) is 9.80 Å². The minimum absolute atomic E-state index is 0.0528. The average Bonchev–Trinajstić information content (AvgIpc) is 2.26. The molecule has 0 aliphatic carbocycles. The molecule has 0 bridgehead atoms. The van der Waals surface area contributed by atoms with Crippen molar-refractivity contribution >= 4 is 40.1 Å². The summed E-state index contributed by atoms with van der Waals surface area (Å²) >= 11 is 2.10. The third-order valence-corrected chi connectivity index (χ3v) is 3.01. The average molecular weight is 361 g/mol. The summed E-state index contributed by atoms with van der Waals surface area (Å²) in [6, 6.07) is 5.14. The Morgan fingerprint density at radius 2 is 1.83 bits per heavy atom. The predicted molar refractivity (Wildman–Crippen MR) is 79.2 cm³/mol. The van der Waals surface area contributed by atoms with E-state index in [0.29, 0.717) is 11.3 Å². The minimum atomic E-state index is -0.213. The molecule has 98 valence electrons. The fraction of sp³-hybridized carbons (Fsp3) is 0.333. The SMILES string of the molecule is CN(C)C(=O)CN(C)C(=O)c1cc(N)cc(I)c1. The zero-order valence-electron chi connectivity index (χ0n) is 10.6. The molecule has 0 aliphatic rings. The van der Waals surface area contributed by atoms with Crippen molar-refractivity contribution < 1.29 is 9.59 Å². The van der Waals surface area contributed by atoms with Gasteiger partial charge in [0, 0.05) is 36.0 Å². The largest absolute Gasteiger partial charge is 0.399 e. The smallest absolute Gasteiger partial charge is 0.254 e. The summed E-state index contributed by atoms with van der Waals surface area (Å²) in [6.07, 6.45) is 0. The summed E-state index contributed by atoms with van der Waals surface area (Å²) in [5.74, 6) is -0.333. The maximum absolute atomic E-state index is 12.1. The number of hydrogen-bond donors (Lipinski definition) is 1. The first-order valence-electron chi connectivity index (χ1n) is 5.33. The van der Waals surface area contributed by atoms with Crippen molar-refractivity contribution in [1.29, 1.82) is 0 Å². The van der Waals surface area contributed by atoms with Crippen molar-refractivity contribution in [2.24, 2.45) is 0 Å². The van der Waals surface area contributed by atoms with Gasteiger partial charge in [0.25, 0.3) is 5.91 Å². The van der Waals surface area contributed by atoms with Crippen LogP contribution >= 0.6 is 22.6 Å². The van der Waals surface area contributed by atoms with Gasteiger partial charge in [-0.1, -0.05) is 0 Å². The Balaban J connectivity index is 2.83. The topological polar surface area (TPSA) is 66.6 Å². The summed E-state index contributed by atoms with van der Waals surface area (Å²) in [7, 11) is 4.91. The quantitative estimate of drug-likeness (QED) is 0.646. The second-order valence-electron chi connectivity index (χ2n) is 4.22. The molecule has 0 atom stereocenters. The molecule has 0 saturated heterocycles. The van der Waals surface area contributed by atoms with Crippen LogP contribution in [0.15, 0.2) is 18.2 Å². The van der Waals surface area contributed by atoms with Gasteiger partial charge in [-0.2, -0.15) is 0 Å². The Kier molecular flexibility index (Phi) is 4.94. The Labute approximate surface area is 120 Å². The summed E-state index contributed by atoms with van der Waals surface area (Å²) < 4.78 is 0.892. The highest BCUT2D eigenvalue weighted by atomic mass is 127. The first-order chi connectivity index (χ1) is 8.31. The Morgan fingerprint density at radius 1 is 1.22 bits per heavy atom. The number of nitrogen functional groups attached to an aromatic ring is 1. The molecule has 0 unspecified atom stereocenters. The fourth-order valence-corrected chi connectivity index (χ4v) is 2.07. The number of anilines is 1. The van der Waals surface area contributed by atoms with Crippen molar-refractivity contribution in [2.75, 3.05) is 33.4 Å². The Bertz CT molecular complexity index is 454. The summed E-state index contributed by atoms with van der Waals surface area (Å²) in [5.41, 5.74) is 6.73. The molecule has 1 rings (SSSR count). The van der Waals surface area contributed by atoms with E-state index in [0.717, 1.165) is 3.57 Å². The molecule has 0 aromatic heterocycles. The van der Waals surface area contributed by atoms with Crippen LogP contribution in [0.5, 0.6) is 0 Å². The number of likely N-dealkylation sites (N-methyl/N-ethyl adjacent to an activating group) is 2. The van der Waals surface area contributed by atoms with E-state index >= 15 is 0 Å². The van der Waals surface area contributed by atoms with Crippen LogP contribution in [0.1, 0.15) is 10.4 Å². The second kappa shape index (κ2) is 6.03. The van der Waals surface area contributed by atoms with Crippen LogP contribution in [0, 0.1) is 3.57 Å². The van der Waals surface area contributed by atoms with Gasteiger partial charge in [0.2, 0.25) is 5.91 Å². The lowest BCUT2D eigenvalue weighted by molar-refractivity contribution is -0.129. The Hall–Kier alpha value is -1.31. The van der Waals surface area contributed by atoms with Gasteiger partial charge in [-0.3, -0.25) is 9.59 Å². The lowest BCUT2D eigenvalue weighted by Crippen LogP contribution is -2.37. The number of halogens is 1. The van der Waals surface area contributed by atoms with Crippen molar-refractivity contribution in [3.8, 4) is 0 Å². The molecule has 2 amide bonds. The molecule has 0 saturated carbocycles. The Morgan fingerprint density at radius 3 is 2.33 bits per heavy atom. The predicted octanol–water partition coefficient (Wildman–Crippen LogP) is 1.03. The van der Waals surface area contributed by atoms with E-state index in [-0.39, 0.29) is 18.4 Å². The molecule has 0 fully saturated rings. The molecule has 5 nitrogen and oxygen atoms in total. The first kappa shape index (κ1) is 14.7. The zero-order valence-corrected chi connectivity index (χ0v) is 12.8. The number of benzene rings is 1. The van der Waals surface area contributed by atoms with Gasteiger partial charge < -0.3 is 15.5 Å². The van der Waals surface area contributed by atoms with Gasteiger partial charge >= 0.3 is 0 Å². The molecule has 0 radical (unpaired) electrons. The third-order valence-electron chi connectivity index (χ3n) is 2.38. The third kappa shape index (κ3) is 3.86. The van der Waals surface area contributed by atoms with Crippen LogP contribution in [0.4, 0.5) is 5.69 Å².